The molecule has 2 aliphatic heterocycles. The summed E-state index contributed by atoms with van der Waals surface area (Å²) in [6.45, 7) is 3.37. The number of nitrogens with one attached hydrogen (secondary N) is 1. The molecule has 2 heterocycles. The number of sulfonamides is 1. The summed E-state index contributed by atoms with van der Waals surface area (Å²) in [4.78, 5) is 15.3. The Morgan fingerprint density at radius 3 is 2.28 bits per heavy atom. The first-order valence-corrected chi connectivity index (χ1v) is 13.1. The van der Waals surface area contributed by atoms with Crippen LogP contribution in [0, 0.1) is 0 Å². The second-order valence-electron chi connectivity index (χ2n) is 8.35. The molecule has 1 fully saturated rings. The molecule has 1 N–H and O–H groups in total. The van der Waals surface area contributed by atoms with Gasteiger partial charge in [-0.15, -0.1) is 0 Å². The van der Waals surface area contributed by atoms with E-state index in [1.54, 1.807) is 36.4 Å². The molecular weight excluding hydrogens is 482 g/mol. The molecule has 0 unspecified atom stereocenters. The zero-order chi connectivity index (χ0) is 25.0. The number of amides is 1. The second kappa shape index (κ2) is 10.5. The van der Waals surface area contributed by atoms with Gasteiger partial charge in [-0.25, -0.2) is 8.42 Å². The molecule has 36 heavy (non-hydrogen) atoms. The number of morpholine rings is 1. The van der Waals surface area contributed by atoms with Crippen molar-refractivity contribution < 1.29 is 27.4 Å². The molecular formula is C26H27N3O6S. The van der Waals surface area contributed by atoms with Gasteiger partial charge in [-0.2, -0.15) is 0 Å². The Balaban J connectivity index is 1.37. The Bertz CT molecular complexity index is 1310. The first-order chi connectivity index (χ1) is 17.5. The smallest absolute Gasteiger partial charge is 0.264 e. The van der Waals surface area contributed by atoms with Gasteiger partial charge < -0.3 is 24.4 Å². The van der Waals surface area contributed by atoms with Crippen molar-refractivity contribution in [2.24, 2.45) is 0 Å². The van der Waals surface area contributed by atoms with Crippen molar-refractivity contribution in [2.75, 3.05) is 60.6 Å². The highest BCUT2D eigenvalue weighted by molar-refractivity contribution is 7.92. The van der Waals surface area contributed by atoms with Gasteiger partial charge in [0.25, 0.3) is 10.0 Å². The van der Waals surface area contributed by atoms with Gasteiger partial charge in [0.15, 0.2) is 11.5 Å². The number of anilines is 3. The minimum absolute atomic E-state index is 0.0857. The normalized spacial score (nSPS) is 15.3. The number of fused-ring (bicyclic) bond motifs is 1. The van der Waals surface area contributed by atoms with Crippen LogP contribution in [0.1, 0.15) is 0 Å². The van der Waals surface area contributed by atoms with Crippen molar-refractivity contribution in [1.82, 2.24) is 0 Å². The van der Waals surface area contributed by atoms with Gasteiger partial charge in [0.2, 0.25) is 5.91 Å². The van der Waals surface area contributed by atoms with Crippen molar-refractivity contribution >= 4 is 33.0 Å². The molecule has 10 heteroatoms. The molecule has 3 aromatic carbocycles. The molecule has 0 saturated carbocycles. The van der Waals surface area contributed by atoms with E-state index < -0.39 is 22.5 Å². The van der Waals surface area contributed by atoms with Crippen LogP contribution in [-0.2, 0) is 19.6 Å². The van der Waals surface area contributed by atoms with Crippen molar-refractivity contribution in [3.63, 3.8) is 0 Å². The van der Waals surface area contributed by atoms with Crippen LogP contribution in [-0.4, -0.2) is 60.4 Å². The second-order valence-corrected chi connectivity index (χ2v) is 10.2. The van der Waals surface area contributed by atoms with E-state index in [0.717, 1.165) is 23.1 Å². The lowest BCUT2D eigenvalue weighted by Gasteiger charge is -2.29. The van der Waals surface area contributed by atoms with Crippen LogP contribution >= 0.6 is 0 Å². The Kier molecular flexibility index (Phi) is 6.97. The number of nitrogens with zero attached hydrogens (tertiary/aromatic N) is 2. The predicted octanol–water partition coefficient (Wildman–Crippen LogP) is 3.13. The summed E-state index contributed by atoms with van der Waals surface area (Å²) in [6.07, 6.45) is 0. The van der Waals surface area contributed by atoms with E-state index in [2.05, 4.69) is 10.2 Å². The minimum atomic E-state index is -4.03. The van der Waals surface area contributed by atoms with Crippen LogP contribution in [0.5, 0.6) is 11.5 Å². The van der Waals surface area contributed by atoms with E-state index >= 15 is 0 Å². The van der Waals surface area contributed by atoms with Crippen molar-refractivity contribution in [1.29, 1.82) is 0 Å². The Labute approximate surface area is 210 Å². The third kappa shape index (κ3) is 5.24. The number of carbonyl (C=O) groups excluding carboxylic acids is 1. The number of rotatable bonds is 7. The first kappa shape index (κ1) is 24.0. The fourth-order valence-corrected chi connectivity index (χ4v) is 5.56. The van der Waals surface area contributed by atoms with Gasteiger partial charge in [-0.1, -0.05) is 18.2 Å². The number of hydrogen-bond acceptors (Lipinski definition) is 7. The van der Waals surface area contributed by atoms with Crippen LogP contribution < -0.4 is 24.0 Å². The molecule has 188 valence electrons. The van der Waals surface area contributed by atoms with Crippen LogP contribution in [0.25, 0.3) is 0 Å². The zero-order valence-corrected chi connectivity index (χ0v) is 20.4. The molecule has 9 nitrogen and oxygen atoms in total. The van der Waals surface area contributed by atoms with E-state index in [0.29, 0.717) is 49.3 Å². The largest absolute Gasteiger partial charge is 0.486 e. The molecule has 3 aromatic rings. The van der Waals surface area contributed by atoms with Crippen molar-refractivity contribution in [3.8, 4) is 11.5 Å². The average molecular weight is 510 g/mol. The molecule has 0 aliphatic carbocycles. The Hall–Kier alpha value is -3.76. The summed E-state index contributed by atoms with van der Waals surface area (Å²) < 4.78 is 44.8. The van der Waals surface area contributed by atoms with E-state index in [9.17, 15) is 13.2 Å². The summed E-state index contributed by atoms with van der Waals surface area (Å²) in [5.41, 5.74) is 1.93. The molecule has 2 aliphatic rings. The maximum Gasteiger partial charge on any atom is 0.264 e. The number of carbonyl (C=O) groups is 1. The van der Waals surface area contributed by atoms with E-state index in [1.807, 2.05) is 24.3 Å². The Morgan fingerprint density at radius 2 is 1.56 bits per heavy atom. The molecule has 0 bridgehead atoms. The van der Waals surface area contributed by atoms with Crippen LogP contribution in [0.3, 0.4) is 0 Å². The van der Waals surface area contributed by atoms with Gasteiger partial charge in [0.05, 0.1) is 23.8 Å². The minimum Gasteiger partial charge on any atom is -0.486 e. The lowest BCUT2D eigenvalue weighted by molar-refractivity contribution is -0.114. The predicted molar refractivity (Wildman–Crippen MR) is 137 cm³/mol. The summed E-state index contributed by atoms with van der Waals surface area (Å²) in [5, 5.41) is 2.81. The quantitative estimate of drug-likeness (QED) is 0.523. The van der Waals surface area contributed by atoms with Gasteiger partial charge in [-0.3, -0.25) is 9.10 Å². The SMILES string of the molecule is O=C(CN(c1ccc2c(c1)OCCO2)S(=O)(=O)c1ccccc1)Nc1ccc(N2CCOCC2)cc1. The van der Waals surface area contributed by atoms with E-state index in [4.69, 9.17) is 14.2 Å². The topological polar surface area (TPSA) is 97.4 Å². The lowest BCUT2D eigenvalue weighted by Crippen LogP contribution is -2.38. The van der Waals surface area contributed by atoms with Crippen molar-refractivity contribution in [3.05, 3.63) is 72.8 Å². The fraction of sp³-hybridized carbons (Fsp3) is 0.269. The van der Waals surface area contributed by atoms with Crippen LogP contribution in [0.4, 0.5) is 17.1 Å². The standard InChI is InChI=1S/C26H27N3O6S/c30-26(27-20-6-8-21(9-7-20)28-12-14-33-15-13-28)19-29(36(31,32)23-4-2-1-3-5-23)22-10-11-24-25(18-22)35-17-16-34-24/h1-11,18H,12-17,19H2,(H,27,30). The number of hydrogen-bond donors (Lipinski definition) is 1. The first-order valence-electron chi connectivity index (χ1n) is 11.7. The maximum atomic E-state index is 13.6. The average Bonchev–Trinajstić information content (AvgIpc) is 2.93. The molecule has 5 rings (SSSR count). The molecule has 1 saturated heterocycles. The highest BCUT2D eigenvalue weighted by Gasteiger charge is 2.28. The summed E-state index contributed by atoms with van der Waals surface area (Å²) in [6, 6.07) is 20.4. The monoisotopic (exact) mass is 509 g/mol. The summed E-state index contributed by atoms with van der Waals surface area (Å²) >= 11 is 0. The number of benzene rings is 3. The molecule has 1 amide bonds. The van der Waals surface area contributed by atoms with Gasteiger partial charge >= 0.3 is 0 Å². The maximum absolute atomic E-state index is 13.6. The van der Waals surface area contributed by atoms with Gasteiger partial charge in [-0.05, 0) is 48.5 Å². The third-order valence-corrected chi connectivity index (χ3v) is 7.75. The summed E-state index contributed by atoms with van der Waals surface area (Å²) in [5.74, 6) is 0.501. The zero-order valence-electron chi connectivity index (χ0n) is 19.6. The van der Waals surface area contributed by atoms with E-state index in [1.165, 1.54) is 12.1 Å². The summed E-state index contributed by atoms with van der Waals surface area (Å²) in [7, 11) is -4.03. The fourth-order valence-electron chi connectivity index (χ4n) is 4.13. The highest BCUT2D eigenvalue weighted by Crippen LogP contribution is 2.35. The Morgan fingerprint density at radius 1 is 0.861 bits per heavy atom. The lowest BCUT2D eigenvalue weighted by atomic mass is 10.2. The van der Waals surface area contributed by atoms with Crippen LogP contribution in [0.2, 0.25) is 0 Å². The molecule has 0 radical (unpaired) electrons. The third-order valence-electron chi connectivity index (χ3n) is 5.96. The molecule has 0 atom stereocenters. The van der Waals surface area contributed by atoms with Crippen LogP contribution in [0.15, 0.2) is 77.7 Å². The van der Waals surface area contributed by atoms with Gasteiger partial charge in [0.1, 0.15) is 19.8 Å². The van der Waals surface area contributed by atoms with Gasteiger partial charge in [0, 0.05) is 30.5 Å². The molecule has 0 spiro atoms. The van der Waals surface area contributed by atoms with E-state index in [-0.39, 0.29) is 4.90 Å². The number of ether oxygens (including phenoxy) is 3. The van der Waals surface area contributed by atoms with Crippen molar-refractivity contribution in [2.45, 2.75) is 4.90 Å². The molecule has 0 aromatic heterocycles. The highest BCUT2D eigenvalue weighted by atomic mass is 32.2.